The molecule has 0 radical (unpaired) electrons. The van der Waals surface area contributed by atoms with Gasteiger partial charge in [-0.1, -0.05) is 5.16 Å². The number of piperidine rings is 1. The highest BCUT2D eigenvalue weighted by Crippen LogP contribution is 2.31. The van der Waals surface area contributed by atoms with Crippen LogP contribution >= 0.6 is 0 Å². The van der Waals surface area contributed by atoms with Gasteiger partial charge in [0.25, 0.3) is 5.89 Å². The molecule has 2 aromatic heterocycles. The maximum Gasteiger partial charge on any atom is 0.410 e. The zero-order valence-corrected chi connectivity index (χ0v) is 22.7. The SMILES string of the molecule is CC(C)OC(=O)N1CCC(O[C@H](C)c2noc(-c3cnc(N4C[C@H](c5cc(F)ccc5F)[C@@H](N)C4)cn3)n2)CC1. The molecular weight excluding hydrogens is 524 g/mol. The van der Waals surface area contributed by atoms with Gasteiger partial charge in [0.05, 0.1) is 24.6 Å². The fourth-order valence-electron chi connectivity index (χ4n) is 5.04. The summed E-state index contributed by atoms with van der Waals surface area (Å²) in [6.45, 7) is 7.42. The lowest BCUT2D eigenvalue weighted by atomic mass is 9.94. The molecule has 11 nitrogen and oxygen atoms in total. The molecule has 3 atom stereocenters. The number of carbonyl (C=O) groups is 1. The van der Waals surface area contributed by atoms with Gasteiger partial charge < -0.3 is 29.5 Å². The van der Waals surface area contributed by atoms with Crippen molar-refractivity contribution in [3.8, 4) is 11.6 Å². The first-order chi connectivity index (χ1) is 19.2. The molecule has 40 heavy (non-hydrogen) atoms. The van der Waals surface area contributed by atoms with E-state index < -0.39 is 17.7 Å². The maximum atomic E-state index is 14.3. The lowest BCUT2D eigenvalue weighted by molar-refractivity contribution is -0.0402. The van der Waals surface area contributed by atoms with Crippen LogP contribution in [0.2, 0.25) is 0 Å². The first-order valence-electron chi connectivity index (χ1n) is 13.4. The molecule has 1 amide bonds. The highest BCUT2D eigenvalue weighted by atomic mass is 19.1. The third-order valence-corrected chi connectivity index (χ3v) is 7.14. The van der Waals surface area contributed by atoms with Crippen molar-refractivity contribution in [1.29, 1.82) is 0 Å². The summed E-state index contributed by atoms with van der Waals surface area (Å²) in [4.78, 5) is 29.0. The number of likely N-dealkylation sites (tertiary alicyclic amines) is 1. The molecule has 214 valence electrons. The average Bonchev–Trinajstić information content (AvgIpc) is 3.58. The third kappa shape index (κ3) is 6.20. The number of aromatic nitrogens is 4. The zero-order chi connectivity index (χ0) is 28.4. The summed E-state index contributed by atoms with van der Waals surface area (Å²) in [5.41, 5.74) is 6.92. The monoisotopic (exact) mass is 557 g/mol. The molecule has 4 heterocycles. The molecule has 0 unspecified atom stereocenters. The standard InChI is InChI=1S/C27H33F2N7O4/c1-15(2)38-27(37)35-8-6-18(7-9-35)39-16(3)25-33-26(40-34-25)23-11-32-24(12-31-23)36-13-20(22(30)14-36)19-10-17(28)4-5-21(19)29/h4-5,10-12,15-16,18,20,22H,6-9,13-14,30H2,1-3H3/t16-,20-,22+/m1/s1. The Hall–Kier alpha value is -3.71. The molecule has 3 aromatic rings. The number of anilines is 1. The number of rotatable bonds is 7. The van der Waals surface area contributed by atoms with E-state index in [1.807, 2.05) is 25.7 Å². The fraction of sp³-hybridized carbons (Fsp3) is 0.519. The van der Waals surface area contributed by atoms with Crippen molar-refractivity contribution in [2.24, 2.45) is 5.73 Å². The number of hydrogen-bond donors (Lipinski definition) is 1. The van der Waals surface area contributed by atoms with Gasteiger partial charge in [-0.2, -0.15) is 4.98 Å². The molecule has 0 saturated carbocycles. The van der Waals surface area contributed by atoms with Gasteiger partial charge in [-0.3, -0.25) is 0 Å². The predicted octanol–water partition coefficient (Wildman–Crippen LogP) is 3.82. The van der Waals surface area contributed by atoms with E-state index in [9.17, 15) is 13.6 Å². The Morgan fingerprint density at radius 2 is 1.90 bits per heavy atom. The second kappa shape index (κ2) is 11.8. The van der Waals surface area contributed by atoms with Gasteiger partial charge in [0.15, 0.2) is 0 Å². The first-order valence-corrected chi connectivity index (χ1v) is 13.4. The maximum absolute atomic E-state index is 14.3. The third-order valence-electron chi connectivity index (χ3n) is 7.14. The van der Waals surface area contributed by atoms with E-state index in [0.29, 0.717) is 56.4 Å². The Labute approximate surface area is 230 Å². The van der Waals surface area contributed by atoms with Gasteiger partial charge in [0.2, 0.25) is 5.82 Å². The van der Waals surface area contributed by atoms with Crippen molar-refractivity contribution in [2.45, 2.75) is 63.9 Å². The second-order valence-electron chi connectivity index (χ2n) is 10.5. The fourth-order valence-corrected chi connectivity index (χ4v) is 5.04. The Bertz CT molecular complexity index is 1310. The van der Waals surface area contributed by atoms with E-state index in [0.717, 1.165) is 12.1 Å². The van der Waals surface area contributed by atoms with Gasteiger partial charge in [0.1, 0.15) is 29.3 Å². The second-order valence-corrected chi connectivity index (χ2v) is 10.5. The number of nitrogens with two attached hydrogens (primary N) is 1. The molecule has 5 rings (SSSR count). The van der Waals surface area contributed by atoms with Crippen LogP contribution in [0.3, 0.4) is 0 Å². The van der Waals surface area contributed by atoms with Crippen molar-refractivity contribution >= 4 is 11.9 Å². The Kier molecular flexibility index (Phi) is 8.22. The molecule has 1 aromatic carbocycles. The van der Waals surface area contributed by atoms with E-state index in [1.165, 1.54) is 12.3 Å². The number of nitrogens with zero attached hydrogens (tertiary/aromatic N) is 6. The van der Waals surface area contributed by atoms with Crippen LogP contribution in [0.15, 0.2) is 35.1 Å². The minimum absolute atomic E-state index is 0.0457. The molecule has 13 heteroatoms. The summed E-state index contributed by atoms with van der Waals surface area (Å²) in [5.74, 6) is -0.218. The Morgan fingerprint density at radius 3 is 2.60 bits per heavy atom. The number of amides is 1. The molecule has 2 aliphatic heterocycles. The van der Waals surface area contributed by atoms with Gasteiger partial charge in [-0.05, 0) is 57.4 Å². The minimum Gasteiger partial charge on any atom is -0.447 e. The Balaban J connectivity index is 1.16. The predicted molar refractivity (Wildman–Crippen MR) is 140 cm³/mol. The van der Waals surface area contributed by atoms with Crippen molar-refractivity contribution in [1.82, 2.24) is 25.0 Å². The topological polar surface area (TPSA) is 133 Å². The van der Waals surface area contributed by atoms with Gasteiger partial charge in [-0.25, -0.2) is 23.5 Å². The van der Waals surface area contributed by atoms with Crippen LogP contribution in [0.1, 0.15) is 57.0 Å². The summed E-state index contributed by atoms with van der Waals surface area (Å²) >= 11 is 0. The summed E-state index contributed by atoms with van der Waals surface area (Å²) in [5, 5.41) is 4.05. The minimum atomic E-state index is -0.501. The van der Waals surface area contributed by atoms with E-state index in [1.54, 1.807) is 11.1 Å². The van der Waals surface area contributed by atoms with Crippen molar-refractivity contribution < 1.29 is 27.6 Å². The first kappa shape index (κ1) is 27.8. The number of hydrogen-bond acceptors (Lipinski definition) is 10. The molecule has 2 fully saturated rings. The smallest absolute Gasteiger partial charge is 0.410 e. The van der Waals surface area contributed by atoms with Crippen LogP contribution in [-0.4, -0.2) is 75.5 Å². The Morgan fingerprint density at radius 1 is 1.12 bits per heavy atom. The van der Waals surface area contributed by atoms with E-state index in [-0.39, 0.29) is 41.7 Å². The van der Waals surface area contributed by atoms with Crippen LogP contribution in [0, 0.1) is 11.6 Å². The van der Waals surface area contributed by atoms with E-state index >= 15 is 0 Å². The molecule has 0 bridgehead atoms. The van der Waals surface area contributed by atoms with E-state index in [2.05, 4.69) is 20.1 Å². The van der Waals surface area contributed by atoms with Crippen molar-refractivity contribution in [2.75, 3.05) is 31.1 Å². The number of halogens is 2. The normalized spacial score (nSPS) is 20.8. The average molecular weight is 558 g/mol. The van der Waals surface area contributed by atoms with Gasteiger partial charge in [0, 0.05) is 38.1 Å². The largest absolute Gasteiger partial charge is 0.447 e. The van der Waals surface area contributed by atoms with Gasteiger partial charge >= 0.3 is 6.09 Å². The van der Waals surface area contributed by atoms with Crippen LogP contribution < -0.4 is 10.6 Å². The van der Waals surface area contributed by atoms with Crippen LogP contribution in [-0.2, 0) is 9.47 Å². The highest BCUT2D eigenvalue weighted by Gasteiger charge is 2.34. The number of ether oxygens (including phenoxy) is 2. The number of carbonyl (C=O) groups excluding carboxylic acids is 1. The summed E-state index contributed by atoms with van der Waals surface area (Å²) in [6.07, 6.45) is 3.53. The van der Waals surface area contributed by atoms with Crippen LogP contribution in [0.4, 0.5) is 19.4 Å². The zero-order valence-electron chi connectivity index (χ0n) is 22.7. The van der Waals surface area contributed by atoms with Crippen LogP contribution in [0.5, 0.6) is 0 Å². The quantitative estimate of drug-likeness (QED) is 0.457. The molecular formula is C27H33F2N7O4. The number of benzene rings is 1. The lowest BCUT2D eigenvalue weighted by Crippen LogP contribution is -2.42. The van der Waals surface area contributed by atoms with Crippen molar-refractivity contribution in [3.63, 3.8) is 0 Å². The summed E-state index contributed by atoms with van der Waals surface area (Å²) in [6, 6.07) is 3.02. The van der Waals surface area contributed by atoms with Crippen LogP contribution in [0.25, 0.3) is 11.6 Å². The van der Waals surface area contributed by atoms with Crippen molar-refractivity contribution in [3.05, 3.63) is 53.6 Å². The van der Waals surface area contributed by atoms with E-state index in [4.69, 9.17) is 19.7 Å². The molecule has 0 spiro atoms. The molecule has 2 saturated heterocycles. The summed E-state index contributed by atoms with van der Waals surface area (Å²) < 4.78 is 44.8. The molecule has 2 aliphatic rings. The summed E-state index contributed by atoms with van der Waals surface area (Å²) in [7, 11) is 0. The van der Waals surface area contributed by atoms with Gasteiger partial charge in [-0.15, -0.1) is 0 Å². The highest BCUT2D eigenvalue weighted by molar-refractivity contribution is 5.67. The molecule has 2 N–H and O–H groups in total. The molecule has 0 aliphatic carbocycles. The lowest BCUT2D eigenvalue weighted by Gasteiger charge is -2.32.